The van der Waals surface area contributed by atoms with E-state index in [1.165, 1.54) is 33.6 Å². The lowest BCUT2D eigenvalue weighted by atomic mass is 10.0. The van der Waals surface area contributed by atoms with Gasteiger partial charge in [0.25, 0.3) is 0 Å². The number of aryl methyl sites for hydroxylation is 4. The number of nitrogens with one attached hydrogen (secondary N) is 2. The van der Waals surface area contributed by atoms with Gasteiger partial charge in [-0.1, -0.05) is 59.6 Å². The third-order valence-corrected chi connectivity index (χ3v) is 6.51. The molecule has 0 unspecified atom stereocenters. The molecule has 0 radical (unpaired) electrons. The molecule has 0 aliphatic carbocycles. The normalized spacial score (nSPS) is 13.3. The molecule has 2 heterocycles. The average Bonchev–Trinajstić information content (AvgIpc) is 3.11. The van der Waals surface area contributed by atoms with E-state index in [1.54, 1.807) is 0 Å². The SMILES string of the molecule is Clc1ccc2c(c1)CCc1cc(Cl)ccc1N2.c1ccc2c(c1)CCc1ccccc1N2. The van der Waals surface area contributed by atoms with Crippen molar-refractivity contribution >= 4 is 46.0 Å². The van der Waals surface area contributed by atoms with Gasteiger partial charge in [-0.2, -0.15) is 0 Å². The van der Waals surface area contributed by atoms with Gasteiger partial charge in [0.05, 0.1) is 0 Å². The molecule has 0 saturated heterocycles. The van der Waals surface area contributed by atoms with Gasteiger partial charge in [0, 0.05) is 32.8 Å². The summed E-state index contributed by atoms with van der Waals surface area (Å²) in [5.41, 5.74) is 10.1. The summed E-state index contributed by atoms with van der Waals surface area (Å²) in [7, 11) is 0. The van der Waals surface area contributed by atoms with E-state index in [2.05, 4.69) is 59.2 Å². The van der Waals surface area contributed by atoms with Crippen molar-refractivity contribution in [3.8, 4) is 0 Å². The highest BCUT2D eigenvalue weighted by Gasteiger charge is 2.13. The molecule has 0 fully saturated rings. The minimum atomic E-state index is 0.787. The Labute approximate surface area is 199 Å². The van der Waals surface area contributed by atoms with Gasteiger partial charge in [0.15, 0.2) is 0 Å². The van der Waals surface area contributed by atoms with Crippen LogP contribution in [-0.4, -0.2) is 0 Å². The lowest BCUT2D eigenvalue weighted by Crippen LogP contribution is -1.92. The van der Waals surface area contributed by atoms with Gasteiger partial charge in [-0.05, 0) is 96.5 Å². The second-order valence-corrected chi connectivity index (χ2v) is 9.04. The Hall–Kier alpha value is -2.94. The number of hydrogen-bond acceptors (Lipinski definition) is 2. The molecule has 0 amide bonds. The van der Waals surface area contributed by atoms with E-state index in [-0.39, 0.29) is 0 Å². The Bertz CT molecular complexity index is 1170. The summed E-state index contributed by atoms with van der Waals surface area (Å²) in [5.74, 6) is 0. The molecule has 0 spiro atoms. The number of hydrogen-bond donors (Lipinski definition) is 2. The number of rotatable bonds is 0. The zero-order valence-electron chi connectivity index (χ0n) is 17.7. The molecular formula is C28H24Cl2N2. The van der Waals surface area contributed by atoms with Crippen LogP contribution in [0, 0.1) is 0 Å². The standard InChI is InChI=1S/C14H11Cl2N.C14H13N/c15-11-3-5-13-9(7-11)1-2-10-8-12(16)4-6-14(10)17-13;1-3-7-13-11(5-1)9-10-12-6-2-4-8-14(12)15-13/h3-8,17H,1-2H2;1-8,15H,9-10H2. The minimum Gasteiger partial charge on any atom is -0.355 e. The van der Waals surface area contributed by atoms with Crippen LogP contribution < -0.4 is 10.6 Å². The van der Waals surface area contributed by atoms with Crippen LogP contribution in [0.2, 0.25) is 10.0 Å². The maximum absolute atomic E-state index is 6.02. The topological polar surface area (TPSA) is 24.1 Å². The number of para-hydroxylation sites is 2. The lowest BCUT2D eigenvalue weighted by molar-refractivity contribution is 0.977. The molecule has 0 bridgehead atoms. The third-order valence-electron chi connectivity index (χ3n) is 6.04. The zero-order valence-corrected chi connectivity index (χ0v) is 19.2. The van der Waals surface area contributed by atoms with Crippen molar-refractivity contribution in [3.63, 3.8) is 0 Å². The number of fused-ring (bicyclic) bond motifs is 4. The molecule has 2 aliphatic rings. The fourth-order valence-corrected chi connectivity index (χ4v) is 4.72. The molecule has 0 aromatic heterocycles. The molecular weight excluding hydrogens is 435 g/mol. The molecule has 2 N–H and O–H groups in total. The van der Waals surface area contributed by atoms with Crippen molar-refractivity contribution in [2.75, 3.05) is 10.6 Å². The minimum absolute atomic E-state index is 0.787. The molecule has 0 saturated carbocycles. The monoisotopic (exact) mass is 458 g/mol. The maximum atomic E-state index is 6.02. The van der Waals surface area contributed by atoms with Crippen LogP contribution in [0.1, 0.15) is 22.3 Å². The smallest absolute Gasteiger partial charge is 0.0418 e. The van der Waals surface area contributed by atoms with Gasteiger partial charge in [-0.15, -0.1) is 0 Å². The van der Waals surface area contributed by atoms with Gasteiger partial charge in [-0.3, -0.25) is 0 Å². The first-order valence-corrected chi connectivity index (χ1v) is 11.7. The van der Waals surface area contributed by atoms with Gasteiger partial charge < -0.3 is 10.6 Å². The first-order chi connectivity index (χ1) is 15.7. The fraction of sp³-hybridized carbons (Fsp3) is 0.143. The van der Waals surface area contributed by atoms with Crippen molar-refractivity contribution in [3.05, 3.63) is 117 Å². The molecule has 0 atom stereocenters. The lowest BCUT2D eigenvalue weighted by Gasteiger charge is -2.09. The zero-order chi connectivity index (χ0) is 21.9. The molecule has 32 heavy (non-hydrogen) atoms. The summed E-state index contributed by atoms with van der Waals surface area (Å²) >= 11 is 12.0. The summed E-state index contributed by atoms with van der Waals surface area (Å²) in [4.78, 5) is 0. The van der Waals surface area contributed by atoms with Crippen LogP contribution >= 0.6 is 23.2 Å². The predicted molar refractivity (Wildman–Crippen MR) is 137 cm³/mol. The largest absolute Gasteiger partial charge is 0.355 e. The molecule has 6 rings (SSSR count). The van der Waals surface area contributed by atoms with Crippen molar-refractivity contribution < 1.29 is 0 Å². The fourth-order valence-electron chi connectivity index (χ4n) is 4.33. The Morgan fingerprint density at radius 1 is 0.438 bits per heavy atom. The second kappa shape index (κ2) is 9.28. The van der Waals surface area contributed by atoms with Crippen molar-refractivity contribution in [1.29, 1.82) is 0 Å². The molecule has 4 aromatic carbocycles. The molecule has 2 nitrogen and oxygen atoms in total. The first kappa shape index (κ1) is 20.9. The summed E-state index contributed by atoms with van der Waals surface area (Å²) in [6, 6.07) is 29.0. The Kier molecular flexibility index (Phi) is 6.07. The van der Waals surface area contributed by atoms with Crippen LogP contribution in [0.15, 0.2) is 84.9 Å². The first-order valence-electron chi connectivity index (χ1n) is 10.9. The van der Waals surface area contributed by atoms with Crippen LogP contribution in [0.25, 0.3) is 0 Å². The van der Waals surface area contributed by atoms with Gasteiger partial charge in [0.2, 0.25) is 0 Å². The van der Waals surface area contributed by atoms with Gasteiger partial charge >= 0.3 is 0 Å². The van der Waals surface area contributed by atoms with Crippen molar-refractivity contribution in [1.82, 2.24) is 0 Å². The summed E-state index contributed by atoms with van der Waals surface area (Å²) < 4.78 is 0. The third kappa shape index (κ3) is 4.62. The highest BCUT2D eigenvalue weighted by atomic mass is 35.5. The van der Waals surface area contributed by atoms with Crippen LogP contribution in [0.3, 0.4) is 0 Å². The quantitative estimate of drug-likeness (QED) is 0.276. The summed E-state index contributed by atoms with van der Waals surface area (Å²) in [5, 5.41) is 8.52. The van der Waals surface area contributed by atoms with Crippen molar-refractivity contribution in [2.24, 2.45) is 0 Å². The molecule has 4 aromatic rings. The van der Waals surface area contributed by atoms with E-state index in [0.717, 1.165) is 47.1 Å². The Morgan fingerprint density at radius 3 is 1.28 bits per heavy atom. The predicted octanol–water partition coefficient (Wildman–Crippen LogP) is 8.36. The van der Waals surface area contributed by atoms with Gasteiger partial charge in [-0.25, -0.2) is 0 Å². The Morgan fingerprint density at radius 2 is 0.812 bits per heavy atom. The molecule has 2 aliphatic heterocycles. The van der Waals surface area contributed by atoms with Crippen LogP contribution in [0.4, 0.5) is 22.7 Å². The van der Waals surface area contributed by atoms with E-state index in [1.807, 2.05) is 36.4 Å². The molecule has 4 heteroatoms. The van der Waals surface area contributed by atoms with E-state index >= 15 is 0 Å². The maximum Gasteiger partial charge on any atom is 0.0418 e. The second-order valence-electron chi connectivity index (χ2n) is 8.17. The van der Waals surface area contributed by atoms with Crippen LogP contribution in [0.5, 0.6) is 0 Å². The van der Waals surface area contributed by atoms with Gasteiger partial charge in [0.1, 0.15) is 0 Å². The average molecular weight is 459 g/mol. The highest BCUT2D eigenvalue weighted by molar-refractivity contribution is 6.31. The van der Waals surface area contributed by atoms with E-state index in [0.29, 0.717) is 0 Å². The molecule has 160 valence electrons. The van der Waals surface area contributed by atoms with E-state index in [9.17, 15) is 0 Å². The summed E-state index contributed by atoms with van der Waals surface area (Å²) in [6.07, 6.45) is 4.22. The number of benzene rings is 4. The Balaban J connectivity index is 0.000000136. The van der Waals surface area contributed by atoms with Crippen molar-refractivity contribution in [2.45, 2.75) is 25.7 Å². The summed E-state index contributed by atoms with van der Waals surface area (Å²) in [6.45, 7) is 0. The van der Waals surface area contributed by atoms with E-state index < -0.39 is 0 Å². The number of halogens is 2. The highest BCUT2D eigenvalue weighted by Crippen LogP contribution is 2.33. The number of anilines is 4. The van der Waals surface area contributed by atoms with Crippen LogP contribution in [-0.2, 0) is 25.7 Å². The van der Waals surface area contributed by atoms with E-state index in [4.69, 9.17) is 23.2 Å².